The van der Waals surface area contributed by atoms with Gasteiger partial charge in [0, 0.05) is 0 Å². The summed E-state index contributed by atoms with van der Waals surface area (Å²) in [6.07, 6.45) is 0. The number of rotatable bonds is 4. The second kappa shape index (κ2) is 4.56. The predicted octanol–water partition coefficient (Wildman–Crippen LogP) is 0.261. The molecule has 0 saturated carbocycles. The highest BCUT2D eigenvalue weighted by Gasteiger charge is 2.19. The number of hydrogen-bond donors (Lipinski definition) is 0. The van der Waals surface area contributed by atoms with Gasteiger partial charge in [-0.3, -0.25) is 4.79 Å². The van der Waals surface area contributed by atoms with Gasteiger partial charge < -0.3 is 8.37 Å². The molecule has 0 aliphatic heterocycles. The Morgan fingerprint density at radius 1 is 1.20 bits per heavy atom. The van der Waals surface area contributed by atoms with Crippen molar-refractivity contribution in [2.24, 2.45) is 0 Å². The lowest BCUT2D eigenvalue weighted by atomic mass is 10.2. The first-order valence-corrected chi connectivity index (χ1v) is 5.04. The van der Waals surface area contributed by atoms with Gasteiger partial charge in [-0.1, -0.05) is 18.2 Å². The van der Waals surface area contributed by atoms with E-state index in [1.807, 2.05) is 0 Å². The highest BCUT2D eigenvalue weighted by molar-refractivity contribution is 7.82. The molecule has 1 aromatic carbocycles. The van der Waals surface area contributed by atoms with E-state index >= 15 is 0 Å². The third-order valence-corrected chi connectivity index (χ3v) is 2.01. The van der Waals surface area contributed by atoms with Crippen molar-refractivity contribution in [3.05, 3.63) is 35.9 Å². The molecule has 0 N–H and O–H groups in total. The van der Waals surface area contributed by atoms with E-state index in [9.17, 15) is 18.0 Å². The zero-order valence-corrected chi connectivity index (χ0v) is 8.14. The van der Waals surface area contributed by atoms with Crippen molar-refractivity contribution < 1.29 is 26.4 Å². The monoisotopic (exact) mass is 230 g/mol. The van der Waals surface area contributed by atoms with E-state index in [1.54, 1.807) is 6.07 Å². The lowest BCUT2D eigenvalue weighted by molar-refractivity contribution is -0.120. The van der Waals surface area contributed by atoms with Crippen molar-refractivity contribution in [1.82, 2.24) is 0 Å². The van der Waals surface area contributed by atoms with Crippen molar-refractivity contribution in [3.8, 4) is 0 Å². The van der Waals surface area contributed by atoms with Crippen LogP contribution in [0.3, 0.4) is 0 Å². The Morgan fingerprint density at radius 2 is 1.80 bits per heavy atom. The summed E-state index contributed by atoms with van der Waals surface area (Å²) in [4.78, 5) is 20.9. The Hall–Kier alpha value is -1.89. The molecule has 7 heteroatoms. The van der Waals surface area contributed by atoms with Crippen molar-refractivity contribution in [2.45, 2.75) is 0 Å². The van der Waals surface area contributed by atoms with Crippen molar-refractivity contribution in [2.75, 3.05) is 0 Å². The summed E-state index contributed by atoms with van der Waals surface area (Å²) in [6, 6.07) is 7.43. The maximum absolute atomic E-state index is 11.1. The van der Waals surface area contributed by atoms with Gasteiger partial charge >= 0.3 is 22.8 Å². The second-order valence-electron chi connectivity index (χ2n) is 2.34. The molecule has 0 bridgehead atoms. The van der Waals surface area contributed by atoms with Crippen molar-refractivity contribution in [1.29, 1.82) is 0 Å². The van der Waals surface area contributed by atoms with E-state index in [2.05, 4.69) is 8.37 Å². The molecule has 0 unspecified atom stereocenters. The normalized spacial score (nSPS) is 10.4. The van der Waals surface area contributed by atoms with Gasteiger partial charge in [0.15, 0.2) is 0 Å². The number of hydrogen-bond acceptors (Lipinski definition) is 6. The van der Waals surface area contributed by atoms with Crippen LogP contribution in [0.5, 0.6) is 0 Å². The quantitative estimate of drug-likeness (QED) is 0.689. The largest absolute Gasteiger partial charge is 0.506 e. The molecule has 0 aromatic heterocycles. The van der Waals surface area contributed by atoms with Crippen LogP contribution in [0.15, 0.2) is 30.3 Å². The summed E-state index contributed by atoms with van der Waals surface area (Å²) in [5, 5.41) is 0. The minimum atomic E-state index is -4.60. The molecule has 80 valence electrons. The Morgan fingerprint density at radius 3 is 2.33 bits per heavy atom. The maximum atomic E-state index is 11.1. The molecule has 0 aliphatic rings. The maximum Gasteiger partial charge on any atom is 0.506 e. The summed E-state index contributed by atoms with van der Waals surface area (Å²) in [7, 11) is -4.60. The van der Waals surface area contributed by atoms with Gasteiger partial charge in [0.1, 0.15) is 0 Å². The van der Waals surface area contributed by atoms with Gasteiger partial charge in [0.05, 0.1) is 5.56 Å². The minimum Gasteiger partial charge on any atom is -0.319 e. The second-order valence-corrected chi connectivity index (χ2v) is 3.51. The van der Waals surface area contributed by atoms with Gasteiger partial charge in [-0.25, -0.2) is 4.79 Å². The number of benzene rings is 1. The fourth-order valence-electron chi connectivity index (χ4n) is 0.783. The predicted molar refractivity (Wildman–Crippen MR) is 47.9 cm³/mol. The lowest BCUT2D eigenvalue weighted by Gasteiger charge is -2.01. The highest BCUT2D eigenvalue weighted by atomic mass is 32.3. The average molecular weight is 230 g/mol. The Kier molecular flexibility index (Phi) is 3.40. The van der Waals surface area contributed by atoms with Crippen LogP contribution in [0.4, 0.5) is 0 Å². The molecule has 0 spiro atoms. The molecule has 15 heavy (non-hydrogen) atoms. The molecule has 0 saturated heterocycles. The van der Waals surface area contributed by atoms with E-state index in [0.29, 0.717) is 0 Å². The van der Waals surface area contributed by atoms with E-state index < -0.39 is 16.4 Å². The van der Waals surface area contributed by atoms with Crippen LogP contribution in [0.25, 0.3) is 0 Å². The Bertz CT molecular complexity index is 449. The van der Waals surface area contributed by atoms with Crippen LogP contribution in [-0.4, -0.2) is 20.9 Å². The molecule has 0 radical (unpaired) electrons. The molecule has 0 heterocycles. The van der Waals surface area contributed by atoms with E-state index in [4.69, 9.17) is 0 Å². The first-order valence-electron chi connectivity index (χ1n) is 3.71. The van der Waals surface area contributed by atoms with Crippen LogP contribution < -0.4 is 0 Å². The fraction of sp³-hybridized carbons (Fsp3) is 0. The summed E-state index contributed by atoms with van der Waals surface area (Å²) in [5.41, 5.74) is 0.0376. The molecule has 0 aliphatic carbocycles. The highest BCUT2D eigenvalue weighted by Crippen LogP contribution is 2.04. The van der Waals surface area contributed by atoms with Crippen LogP contribution in [0.1, 0.15) is 10.4 Å². The van der Waals surface area contributed by atoms with E-state index in [1.165, 1.54) is 24.3 Å². The number of carbonyl (C=O) groups excluding carboxylic acids is 2. The fourth-order valence-corrected chi connectivity index (χ4v) is 1.20. The molecule has 1 aromatic rings. The third-order valence-electron chi connectivity index (χ3n) is 1.34. The molecule has 1 rings (SSSR count). The molecular weight excluding hydrogens is 224 g/mol. The van der Waals surface area contributed by atoms with E-state index in [0.717, 1.165) is 0 Å². The van der Waals surface area contributed by atoms with Crippen molar-refractivity contribution >= 4 is 22.8 Å². The summed E-state index contributed by atoms with van der Waals surface area (Å²) in [6.45, 7) is -0.340. The molecule has 0 atom stereocenters. The van der Waals surface area contributed by atoms with Crippen molar-refractivity contribution in [3.63, 3.8) is 0 Å². The molecule has 0 fully saturated rings. The van der Waals surface area contributed by atoms with Gasteiger partial charge in [-0.2, -0.15) is 0 Å². The zero-order valence-electron chi connectivity index (χ0n) is 7.32. The molecule has 0 amide bonds. The third kappa shape index (κ3) is 3.39. The molecular formula is C8H6O6S. The van der Waals surface area contributed by atoms with Crippen LogP contribution in [0, 0.1) is 0 Å². The average Bonchev–Trinajstić information content (AvgIpc) is 2.18. The van der Waals surface area contributed by atoms with Crippen LogP contribution in [0.2, 0.25) is 0 Å². The topological polar surface area (TPSA) is 86.7 Å². The Balaban J connectivity index is 2.77. The standard InChI is InChI=1S/C8H6O6S/c9-6-13-15(11,12)14-8(10)7-4-2-1-3-5-7/h1-6H. The SMILES string of the molecule is O=COS(=O)(=O)OC(=O)c1ccccc1. The van der Waals surface area contributed by atoms with Gasteiger partial charge in [0.25, 0.3) is 0 Å². The Labute approximate surface area is 85.8 Å². The minimum absolute atomic E-state index is 0.0376. The lowest BCUT2D eigenvalue weighted by Crippen LogP contribution is -2.15. The number of carbonyl (C=O) groups is 2. The van der Waals surface area contributed by atoms with Gasteiger partial charge in [-0.15, -0.1) is 8.42 Å². The summed E-state index contributed by atoms with van der Waals surface area (Å²) >= 11 is 0. The first-order chi connectivity index (χ1) is 7.05. The van der Waals surface area contributed by atoms with Crippen LogP contribution >= 0.6 is 0 Å². The summed E-state index contributed by atoms with van der Waals surface area (Å²) in [5.74, 6) is -1.11. The van der Waals surface area contributed by atoms with Gasteiger partial charge in [0.2, 0.25) is 0 Å². The smallest absolute Gasteiger partial charge is 0.319 e. The van der Waals surface area contributed by atoms with Gasteiger partial charge in [-0.05, 0) is 12.1 Å². The molecule has 6 nitrogen and oxygen atoms in total. The zero-order chi connectivity index (χ0) is 11.3. The van der Waals surface area contributed by atoms with E-state index in [-0.39, 0.29) is 12.0 Å². The van der Waals surface area contributed by atoms with Crippen LogP contribution in [-0.2, 0) is 23.6 Å². The first kappa shape index (κ1) is 11.2. The summed E-state index contributed by atoms with van der Waals surface area (Å²) < 4.78 is 28.9.